The van der Waals surface area contributed by atoms with Crippen LogP contribution in [0.5, 0.6) is 0 Å². The van der Waals surface area contributed by atoms with Crippen molar-refractivity contribution in [2.45, 2.75) is 19.0 Å². The van der Waals surface area contributed by atoms with Crippen LogP contribution in [0.2, 0.25) is 0 Å². The number of nitrogens with one attached hydrogen (secondary N) is 1. The van der Waals surface area contributed by atoms with Gasteiger partial charge >= 0.3 is 6.03 Å². The summed E-state index contributed by atoms with van der Waals surface area (Å²) in [4.78, 5) is 26.1. The fraction of sp³-hybridized carbons (Fsp3) is 0.143. The highest BCUT2D eigenvalue weighted by molar-refractivity contribution is 6.04. The van der Waals surface area contributed by atoms with Gasteiger partial charge in [0.25, 0.3) is 5.91 Å². The number of carbonyl (C=O) groups excluding carboxylic acids is 2. The lowest BCUT2D eigenvalue weighted by Crippen LogP contribution is -2.32. The minimum Gasteiger partial charge on any atom is -0.325 e. The predicted octanol–water partition coefficient (Wildman–Crippen LogP) is 3.50. The van der Waals surface area contributed by atoms with E-state index in [-0.39, 0.29) is 11.9 Å². The maximum Gasteiger partial charge on any atom is 0.325 e. The van der Waals surface area contributed by atoms with Gasteiger partial charge in [-0.3, -0.25) is 9.69 Å². The van der Waals surface area contributed by atoms with Crippen LogP contribution < -0.4 is 5.32 Å². The topological polar surface area (TPSA) is 49.4 Å². The Labute approximate surface area is 146 Å². The fourth-order valence-electron chi connectivity index (χ4n) is 3.23. The maximum atomic E-state index is 12.6. The van der Waals surface area contributed by atoms with E-state index in [2.05, 4.69) is 23.5 Å². The van der Waals surface area contributed by atoms with Crippen LogP contribution in [0.4, 0.5) is 4.79 Å². The first-order chi connectivity index (χ1) is 12.2. The summed E-state index contributed by atoms with van der Waals surface area (Å²) in [6, 6.07) is 23.0. The van der Waals surface area contributed by atoms with E-state index in [4.69, 9.17) is 0 Å². The highest BCUT2D eigenvalue weighted by Gasteiger charge is 2.37. The molecule has 4 heteroatoms. The van der Waals surface area contributed by atoms with E-state index in [0.29, 0.717) is 13.0 Å². The summed E-state index contributed by atoms with van der Waals surface area (Å²) in [5.74, 6) is -0.165. The molecule has 0 spiro atoms. The van der Waals surface area contributed by atoms with Gasteiger partial charge in [-0.25, -0.2) is 4.79 Å². The molecule has 3 aromatic rings. The molecule has 4 rings (SSSR count). The first-order valence-electron chi connectivity index (χ1n) is 8.34. The highest BCUT2D eigenvalue weighted by Crippen LogP contribution is 2.19. The Bertz CT molecular complexity index is 937. The molecule has 1 saturated heterocycles. The number of hydrogen-bond donors (Lipinski definition) is 1. The van der Waals surface area contributed by atoms with Gasteiger partial charge in [0.2, 0.25) is 0 Å². The number of urea groups is 1. The Morgan fingerprint density at radius 2 is 1.52 bits per heavy atom. The molecule has 1 heterocycles. The van der Waals surface area contributed by atoms with Crippen LogP contribution in [-0.2, 0) is 17.8 Å². The van der Waals surface area contributed by atoms with Crippen molar-refractivity contribution in [3.63, 3.8) is 0 Å². The van der Waals surface area contributed by atoms with Gasteiger partial charge in [0.1, 0.15) is 6.04 Å². The number of nitrogens with zero attached hydrogens (tertiary/aromatic N) is 1. The van der Waals surface area contributed by atoms with E-state index in [1.54, 1.807) is 0 Å². The van der Waals surface area contributed by atoms with E-state index < -0.39 is 6.04 Å². The minimum absolute atomic E-state index is 0.165. The number of hydrogen-bond acceptors (Lipinski definition) is 2. The number of carbonyl (C=O) groups is 2. The number of fused-ring (bicyclic) bond motifs is 1. The lowest BCUT2D eigenvalue weighted by atomic mass is 10.0. The Morgan fingerprint density at radius 1 is 0.800 bits per heavy atom. The molecular weight excluding hydrogens is 312 g/mol. The van der Waals surface area contributed by atoms with Gasteiger partial charge in [-0.1, -0.05) is 72.8 Å². The molecule has 3 amide bonds. The van der Waals surface area contributed by atoms with Gasteiger partial charge in [-0.15, -0.1) is 0 Å². The van der Waals surface area contributed by atoms with Gasteiger partial charge < -0.3 is 5.32 Å². The van der Waals surface area contributed by atoms with Crippen LogP contribution in [-0.4, -0.2) is 22.9 Å². The van der Waals surface area contributed by atoms with Crippen LogP contribution >= 0.6 is 0 Å². The Balaban J connectivity index is 1.51. The van der Waals surface area contributed by atoms with E-state index in [9.17, 15) is 9.59 Å². The van der Waals surface area contributed by atoms with E-state index in [0.717, 1.165) is 16.5 Å². The largest absolute Gasteiger partial charge is 0.325 e. The van der Waals surface area contributed by atoms with Gasteiger partial charge in [0.15, 0.2) is 0 Å². The third kappa shape index (κ3) is 3.11. The van der Waals surface area contributed by atoms with Crippen molar-refractivity contribution in [2.75, 3.05) is 0 Å². The molecule has 25 heavy (non-hydrogen) atoms. The molecule has 1 unspecified atom stereocenters. The summed E-state index contributed by atoms with van der Waals surface area (Å²) >= 11 is 0. The molecule has 0 saturated carbocycles. The molecule has 1 aliphatic rings. The van der Waals surface area contributed by atoms with Crippen LogP contribution in [0.3, 0.4) is 0 Å². The quantitative estimate of drug-likeness (QED) is 0.744. The summed E-state index contributed by atoms with van der Waals surface area (Å²) < 4.78 is 0. The molecule has 0 bridgehead atoms. The molecule has 3 aromatic carbocycles. The van der Waals surface area contributed by atoms with E-state index in [1.807, 2.05) is 54.6 Å². The van der Waals surface area contributed by atoms with Gasteiger partial charge in [-0.2, -0.15) is 0 Å². The highest BCUT2D eigenvalue weighted by atomic mass is 16.2. The van der Waals surface area contributed by atoms with Crippen LogP contribution in [0.25, 0.3) is 10.8 Å². The monoisotopic (exact) mass is 330 g/mol. The lowest BCUT2D eigenvalue weighted by Gasteiger charge is -2.13. The summed E-state index contributed by atoms with van der Waals surface area (Å²) in [5, 5.41) is 5.11. The second-order valence-electron chi connectivity index (χ2n) is 6.30. The molecule has 0 aliphatic carbocycles. The van der Waals surface area contributed by atoms with Crippen molar-refractivity contribution >= 4 is 22.7 Å². The molecule has 0 radical (unpaired) electrons. The zero-order chi connectivity index (χ0) is 17.2. The number of amides is 3. The van der Waals surface area contributed by atoms with Crippen molar-refractivity contribution in [3.8, 4) is 0 Å². The van der Waals surface area contributed by atoms with Gasteiger partial charge in [0.05, 0.1) is 6.54 Å². The van der Waals surface area contributed by atoms with E-state index in [1.165, 1.54) is 10.3 Å². The predicted molar refractivity (Wildman–Crippen MR) is 97.0 cm³/mol. The first-order valence-corrected chi connectivity index (χ1v) is 8.34. The van der Waals surface area contributed by atoms with Crippen molar-refractivity contribution < 1.29 is 9.59 Å². The van der Waals surface area contributed by atoms with Crippen LogP contribution in [0.1, 0.15) is 11.1 Å². The zero-order valence-electron chi connectivity index (χ0n) is 13.7. The minimum atomic E-state index is -0.502. The molecule has 1 atom stereocenters. The van der Waals surface area contributed by atoms with Crippen molar-refractivity contribution in [1.82, 2.24) is 10.2 Å². The average molecular weight is 330 g/mol. The summed E-state index contributed by atoms with van der Waals surface area (Å²) in [6.07, 6.45) is 0.501. The molecule has 0 aromatic heterocycles. The molecule has 124 valence electrons. The summed E-state index contributed by atoms with van der Waals surface area (Å²) in [7, 11) is 0. The Morgan fingerprint density at radius 3 is 2.32 bits per heavy atom. The number of rotatable bonds is 4. The molecule has 4 nitrogen and oxygen atoms in total. The zero-order valence-corrected chi connectivity index (χ0v) is 13.7. The second-order valence-corrected chi connectivity index (χ2v) is 6.30. The van der Waals surface area contributed by atoms with E-state index >= 15 is 0 Å². The van der Waals surface area contributed by atoms with Crippen molar-refractivity contribution in [2.24, 2.45) is 0 Å². The normalized spacial score (nSPS) is 17.1. The Kier molecular flexibility index (Phi) is 3.94. The van der Waals surface area contributed by atoms with Gasteiger partial charge in [0, 0.05) is 6.42 Å². The Hall–Kier alpha value is -3.14. The number of imide groups is 1. The average Bonchev–Trinajstić information content (AvgIpc) is 2.90. The summed E-state index contributed by atoms with van der Waals surface area (Å²) in [6.45, 7) is 0.305. The fourth-order valence-corrected chi connectivity index (χ4v) is 3.23. The molecular formula is C21H18N2O2. The molecule has 1 aliphatic heterocycles. The third-order valence-corrected chi connectivity index (χ3v) is 4.54. The standard InChI is InChI=1S/C21H18N2O2/c24-20-19(13-16-10-11-17-8-4-5-9-18(17)12-16)22-21(25)23(20)14-15-6-2-1-3-7-15/h1-12,19H,13-14H2,(H,22,25). The SMILES string of the molecule is O=C1NC(Cc2ccc3ccccc3c2)C(=O)N1Cc1ccccc1. The van der Waals surface area contributed by atoms with Crippen LogP contribution in [0, 0.1) is 0 Å². The van der Waals surface area contributed by atoms with Gasteiger partial charge in [-0.05, 0) is 21.9 Å². The first kappa shape index (κ1) is 15.4. The molecule has 1 N–H and O–H groups in total. The van der Waals surface area contributed by atoms with Crippen molar-refractivity contribution in [1.29, 1.82) is 0 Å². The second kappa shape index (κ2) is 6.40. The summed E-state index contributed by atoms with van der Waals surface area (Å²) in [5.41, 5.74) is 1.98. The third-order valence-electron chi connectivity index (χ3n) is 4.54. The van der Waals surface area contributed by atoms with Crippen molar-refractivity contribution in [3.05, 3.63) is 83.9 Å². The maximum absolute atomic E-state index is 12.6. The number of benzene rings is 3. The van der Waals surface area contributed by atoms with Crippen LogP contribution in [0.15, 0.2) is 72.8 Å². The lowest BCUT2D eigenvalue weighted by molar-refractivity contribution is -0.127. The smallest absolute Gasteiger partial charge is 0.325 e. The molecule has 1 fully saturated rings.